The highest BCUT2D eigenvalue weighted by Gasteiger charge is 2.35. The lowest BCUT2D eigenvalue weighted by Crippen LogP contribution is -2.42. The average molecular weight is 553 g/mol. The molecule has 0 aliphatic carbocycles. The Morgan fingerprint density at radius 2 is 0.921 bits per heavy atom. The lowest BCUT2D eigenvalue weighted by Gasteiger charge is -2.26. The van der Waals surface area contributed by atoms with E-state index in [1.807, 2.05) is 0 Å². The largest absolute Gasteiger partial charge is 0.350 e. The van der Waals surface area contributed by atoms with Crippen LogP contribution in [-0.2, 0) is 20.0 Å². The number of hydrogen-bond donors (Lipinski definition) is 2. The maximum absolute atomic E-state index is 13.6. The number of rotatable bonds is 6. The molecule has 0 saturated carbocycles. The Morgan fingerprint density at radius 3 is 1.24 bits per heavy atom. The molecule has 196 valence electrons. The third kappa shape index (κ3) is 4.66. The number of primary amides is 2. The van der Waals surface area contributed by atoms with Crippen molar-refractivity contribution in [3.05, 3.63) is 96.1 Å². The van der Waals surface area contributed by atoms with E-state index >= 15 is 0 Å². The van der Waals surface area contributed by atoms with E-state index in [9.17, 15) is 26.4 Å². The standard InChI is InChI=1S/C26H24N4O6S2/c1-17-9-13-20(14-10-17)37(33,34)29(25(27)31)22-7-3-5-19-6-4-8-23(24(19)22)30(26(28)32)38(35,36)21-15-11-18(2)12-16-21/h3-16H,1-2H3,(H2,27,31)(H2,28,32). The van der Waals surface area contributed by atoms with Crippen LogP contribution >= 0.6 is 0 Å². The van der Waals surface area contributed by atoms with Crippen LogP contribution in [0.5, 0.6) is 0 Å². The minimum Gasteiger partial charge on any atom is -0.350 e. The zero-order valence-electron chi connectivity index (χ0n) is 20.4. The van der Waals surface area contributed by atoms with Gasteiger partial charge in [-0.2, -0.15) is 8.61 Å². The van der Waals surface area contributed by atoms with E-state index in [1.54, 1.807) is 50.2 Å². The highest BCUT2D eigenvalue weighted by molar-refractivity contribution is 7.94. The summed E-state index contributed by atoms with van der Waals surface area (Å²) < 4.78 is 55.1. The molecular formula is C26H24N4O6S2. The van der Waals surface area contributed by atoms with Crippen LogP contribution in [0.3, 0.4) is 0 Å². The molecule has 38 heavy (non-hydrogen) atoms. The Balaban J connectivity index is 2.02. The second kappa shape index (κ2) is 9.80. The molecular weight excluding hydrogens is 528 g/mol. The summed E-state index contributed by atoms with van der Waals surface area (Å²) in [6.07, 6.45) is 0. The second-order valence-corrected chi connectivity index (χ2v) is 12.1. The Morgan fingerprint density at radius 1 is 0.579 bits per heavy atom. The highest BCUT2D eigenvalue weighted by Crippen LogP contribution is 2.39. The first kappa shape index (κ1) is 26.6. The summed E-state index contributed by atoms with van der Waals surface area (Å²) in [7, 11) is -9.08. The van der Waals surface area contributed by atoms with Gasteiger partial charge in [-0.05, 0) is 55.6 Å². The third-order valence-electron chi connectivity index (χ3n) is 5.82. The van der Waals surface area contributed by atoms with Crippen molar-refractivity contribution >= 4 is 54.3 Å². The van der Waals surface area contributed by atoms with Crippen LogP contribution in [0, 0.1) is 13.8 Å². The Kier molecular flexibility index (Phi) is 6.87. The van der Waals surface area contributed by atoms with Gasteiger partial charge in [-0.15, -0.1) is 0 Å². The molecule has 0 aliphatic heterocycles. The van der Waals surface area contributed by atoms with Gasteiger partial charge in [-0.3, -0.25) is 0 Å². The molecule has 0 radical (unpaired) electrons. The fraction of sp³-hybridized carbons (Fsp3) is 0.0769. The first-order valence-electron chi connectivity index (χ1n) is 11.2. The van der Waals surface area contributed by atoms with Gasteiger partial charge in [0.05, 0.1) is 21.2 Å². The van der Waals surface area contributed by atoms with Crippen molar-refractivity contribution < 1.29 is 26.4 Å². The van der Waals surface area contributed by atoms with Crippen LogP contribution in [0.25, 0.3) is 10.8 Å². The first-order valence-corrected chi connectivity index (χ1v) is 14.1. The smallest absolute Gasteiger partial charge is 0.333 e. The number of amides is 4. The van der Waals surface area contributed by atoms with E-state index < -0.39 is 32.1 Å². The SMILES string of the molecule is Cc1ccc(S(=O)(=O)N(C(N)=O)c2cccc3cccc(N(C(N)=O)S(=O)(=O)c4ccc(C)cc4)c23)cc1. The molecule has 4 N–H and O–H groups in total. The molecule has 0 aromatic heterocycles. The van der Waals surface area contributed by atoms with Gasteiger partial charge >= 0.3 is 12.1 Å². The van der Waals surface area contributed by atoms with Crippen molar-refractivity contribution in [3.8, 4) is 0 Å². The zero-order valence-corrected chi connectivity index (χ0v) is 22.0. The van der Waals surface area contributed by atoms with Gasteiger partial charge in [0, 0.05) is 5.39 Å². The van der Waals surface area contributed by atoms with Crippen molar-refractivity contribution in [2.24, 2.45) is 11.5 Å². The van der Waals surface area contributed by atoms with E-state index in [1.165, 1.54) is 48.5 Å². The number of nitrogens with zero attached hydrogens (tertiary/aromatic N) is 2. The maximum atomic E-state index is 13.6. The Bertz CT molecular complexity index is 1640. The monoisotopic (exact) mass is 552 g/mol. The quantitative estimate of drug-likeness (QED) is 0.367. The fourth-order valence-corrected chi connectivity index (χ4v) is 6.68. The summed E-state index contributed by atoms with van der Waals surface area (Å²) in [5, 5.41) is 0.287. The molecule has 0 bridgehead atoms. The van der Waals surface area contributed by atoms with Gasteiger partial charge in [0.2, 0.25) is 0 Å². The molecule has 10 nitrogen and oxygen atoms in total. The molecule has 0 spiro atoms. The normalized spacial score (nSPS) is 11.7. The van der Waals surface area contributed by atoms with Crippen molar-refractivity contribution in [2.45, 2.75) is 23.6 Å². The van der Waals surface area contributed by atoms with Gasteiger partial charge in [-0.25, -0.2) is 26.4 Å². The molecule has 0 atom stereocenters. The maximum Gasteiger partial charge on any atom is 0.333 e. The van der Waals surface area contributed by atoms with E-state index in [4.69, 9.17) is 11.5 Å². The summed E-state index contributed by atoms with van der Waals surface area (Å²) in [4.78, 5) is 24.9. The van der Waals surface area contributed by atoms with E-state index in [0.29, 0.717) is 14.0 Å². The fourth-order valence-electron chi connectivity index (χ4n) is 4.00. The molecule has 4 aromatic rings. The number of anilines is 2. The van der Waals surface area contributed by atoms with Gasteiger partial charge in [0.25, 0.3) is 20.0 Å². The molecule has 0 aliphatic rings. The average Bonchev–Trinajstić information content (AvgIpc) is 2.84. The molecule has 0 heterocycles. The summed E-state index contributed by atoms with van der Waals surface area (Å²) in [6.45, 7) is 3.54. The highest BCUT2D eigenvalue weighted by atomic mass is 32.2. The minimum absolute atomic E-state index is 0.0426. The van der Waals surface area contributed by atoms with Crippen LogP contribution in [0.15, 0.2) is 94.7 Å². The summed E-state index contributed by atoms with van der Waals surface area (Å²) >= 11 is 0. The number of carbonyl (C=O) groups is 2. The number of nitrogens with two attached hydrogens (primary N) is 2. The lowest BCUT2D eigenvalue weighted by molar-refractivity contribution is 0.256. The van der Waals surface area contributed by atoms with Crippen LogP contribution in [0.1, 0.15) is 11.1 Å². The number of urea groups is 2. The summed E-state index contributed by atoms with van der Waals surface area (Å²) in [5.74, 6) is 0. The van der Waals surface area contributed by atoms with Crippen molar-refractivity contribution in [1.82, 2.24) is 0 Å². The molecule has 12 heteroatoms. The third-order valence-corrected chi connectivity index (χ3v) is 9.27. The number of sulfonamides is 2. The van der Waals surface area contributed by atoms with E-state index in [-0.39, 0.29) is 26.6 Å². The predicted molar refractivity (Wildman–Crippen MR) is 145 cm³/mol. The van der Waals surface area contributed by atoms with Crippen molar-refractivity contribution in [3.63, 3.8) is 0 Å². The number of carbonyl (C=O) groups excluding carboxylic acids is 2. The number of hydrogen-bond acceptors (Lipinski definition) is 6. The summed E-state index contributed by atoms with van der Waals surface area (Å²) in [6, 6.07) is 17.5. The number of benzene rings is 4. The Hall–Kier alpha value is -4.42. The Labute approximate surface area is 220 Å². The first-order chi connectivity index (χ1) is 17.9. The van der Waals surface area contributed by atoms with Crippen molar-refractivity contribution in [1.29, 1.82) is 0 Å². The van der Waals surface area contributed by atoms with Gasteiger partial charge in [0.15, 0.2) is 0 Å². The summed E-state index contributed by atoms with van der Waals surface area (Å²) in [5.41, 5.74) is 12.2. The topological polar surface area (TPSA) is 161 Å². The van der Waals surface area contributed by atoms with Crippen LogP contribution in [0.4, 0.5) is 21.0 Å². The van der Waals surface area contributed by atoms with Gasteiger partial charge < -0.3 is 11.5 Å². The second-order valence-electron chi connectivity index (χ2n) is 8.49. The zero-order chi connectivity index (χ0) is 27.8. The minimum atomic E-state index is -4.54. The predicted octanol–water partition coefficient (Wildman–Crippen LogP) is 4.00. The molecule has 4 amide bonds. The van der Waals surface area contributed by atoms with Gasteiger partial charge in [0.1, 0.15) is 0 Å². The number of aryl methyl sites for hydroxylation is 2. The van der Waals surface area contributed by atoms with E-state index in [2.05, 4.69) is 0 Å². The molecule has 0 unspecified atom stereocenters. The van der Waals surface area contributed by atoms with Crippen LogP contribution in [-0.4, -0.2) is 28.9 Å². The molecule has 4 rings (SSSR count). The molecule has 0 fully saturated rings. The lowest BCUT2D eigenvalue weighted by atomic mass is 10.1. The van der Waals surface area contributed by atoms with Gasteiger partial charge in [-0.1, -0.05) is 59.7 Å². The molecule has 4 aromatic carbocycles. The van der Waals surface area contributed by atoms with Crippen LogP contribution < -0.4 is 20.1 Å². The van der Waals surface area contributed by atoms with Crippen molar-refractivity contribution in [2.75, 3.05) is 8.61 Å². The number of fused-ring (bicyclic) bond motifs is 1. The molecule has 0 saturated heterocycles. The van der Waals surface area contributed by atoms with E-state index in [0.717, 1.165) is 11.1 Å². The van der Waals surface area contributed by atoms with Crippen LogP contribution in [0.2, 0.25) is 0 Å².